The van der Waals surface area contributed by atoms with Gasteiger partial charge in [-0.1, -0.05) is 119 Å². The Labute approximate surface area is 377 Å². The summed E-state index contributed by atoms with van der Waals surface area (Å²) in [5.41, 5.74) is 8.84. The van der Waals surface area contributed by atoms with E-state index in [4.69, 9.17) is 29.7 Å². The van der Waals surface area contributed by atoms with E-state index in [1.54, 1.807) is 19.1 Å². The monoisotopic (exact) mass is 836 g/mol. The average Bonchev–Trinajstić information content (AvgIpc) is 3.96. The van der Waals surface area contributed by atoms with Gasteiger partial charge in [-0.2, -0.15) is 11.4 Å². The third-order valence-corrected chi connectivity index (χ3v) is 12.7. The number of Topliss-reactive ketones (excluding diaryl/α,β-unsaturated/α-hetero) is 1. The van der Waals surface area contributed by atoms with Crippen molar-refractivity contribution in [3.63, 3.8) is 0 Å². The SMILES string of the molecule is C=Cc1c2[n-]c(c1C)/C=C1\[N-]/C(=C3\c4[n-]c(c(C)c4C(=O)[C@@H]3C(=O)OC)/C=c3\[n-]/c(c(C=O)c3CC)=C\2)[C@@H](CCC(=O)OC/C=C(\C)CCC[C@@H](C)CCCC(C)C)[C@@H]1C.[Mg+2]. The molecule has 5 heterocycles. The van der Waals surface area contributed by atoms with Crippen molar-refractivity contribution >= 4 is 76.9 Å². The van der Waals surface area contributed by atoms with Crippen molar-refractivity contribution in [2.24, 2.45) is 29.6 Å². The van der Waals surface area contributed by atoms with E-state index < -0.39 is 17.7 Å². The summed E-state index contributed by atoms with van der Waals surface area (Å²) < 4.78 is 11.0. The number of ketones is 1. The predicted octanol–water partition coefficient (Wildman–Crippen LogP) is 8.06. The molecular formula is C50H60MgN4O6-2. The molecule has 0 saturated carbocycles. The van der Waals surface area contributed by atoms with Gasteiger partial charge < -0.3 is 29.7 Å². The van der Waals surface area contributed by atoms with Crippen LogP contribution in [0.1, 0.15) is 159 Å². The molecule has 1 fully saturated rings. The number of methoxy groups -OCH3 is 1. The van der Waals surface area contributed by atoms with Gasteiger partial charge in [0.05, 0.1) is 7.11 Å². The zero-order chi connectivity index (χ0) is 43.4. The van der Waals surface area contributed by atoms with Crippen LogP contribution >= 0.6 is 0 Å². The molecule has 8 bridgehead atoms. The van der Waals surface area contributed by atoms with Crippen LogP contribution in [0, 0.1) is 43.4 Å². The Morgan fingerprint density at radius 1 is 0.918 bits per heavy atom. The Kier molecular flexibility index (Phi) is 15.9. The van der Waals surface area contributed by atoms with Crippen molar-refractivity contribution in [1.29, 1.82) is 0 Å². The molecule has 3 aromatic heterocycles. The zero-order valence-electron chi connectivity index (χ0n) is 37.6. The molecule has 0 aromatic carbocycles. The second kappa shape index (κ2) is 20.5. The molecule has 10 nitrogen and oxygen atoms in total. The molecule has 3 aliphatic rings. The van der Waals surface area contributed by atoms with Gasteiger partial charge in [-0.25, -0.2) is 0 Å². The van der Waals surface area contributed by atoms with Gasteiger partial charge in [0.25, 0.3) is 0 Å². The van der Waals surface area contributed by atoms with Crippen molar-refractivity contribution in [3.05, 3.63) is 102 Å². The number of hydrogen-bond donors (Lipinski definition) is 0. The van der Waals surface area contributed by atoms with Crippen LogP contribution in [-0.2, 0) is 25.5 Å². The third kappa shape index (κ3) is 9.88. The number of nitrogens with zero attached hydrogens (tertiary/aromatic N) is 4. The van der Waals surface area contributed by atoms with Crippen molar-refractivity contribution in [3.8, 4) is 0 Å². The summed E-state index contributed by atoms with van der Waals surface area (Å²) in [4.78, 5) is 68.6. The van der Waals surface area contributed by atoms with E-state index in [-0.39, 0.29) is 53.9 Å². The van der Waals surface area contributed by atoms with Crippen LogP contribution in [0.2, 0.25) is 0 Å². The molecular weight excluding hydrogens is 777 g/mol. The minimum absolute atomic E-state index is 0. The van der Waals surface area contributed by atoms with Gasteiger partial charge in [-0.15, -0.1) is 33.5 Å². The second-order valence-electron chi connectivity index (χ2n) is 17.3. The number of carbonyl (C=O) groups excluding carboxylic acids is 4. The van der Waals surface area contributed by atoms with Gasteiger partial charge >= 0.3 is 35.0 Å². The normalized spacial score (nSPS) is 21.7. The maximum absolute atomic E-state index is 14.3. The first-order valence-electron chi connectivity index (χ1n) is 21.6. The third-order valence-electron chi connectivity index (χ3n) is 12.7. The Bertz CT molecular complexity index is 2400. The standard InChI is InChI=1S/C50H61N4O6.Mg/c1-11-33-30(7)37-23-38-31(8)35(19-20-43(56)60-22-21-29(6)18-14-17-28(5)16-13-15-27(3)4)47(53-38)45-46(50(58)59-10)49(57)44-32(9)39(54-48(44)45)24-41-34(12-2)36(26-55)42(52-41)25-40(33)51-37;/h11,21,23-28,31,35,46H,1,12-20,22H2,2-10H3,(H-,53,54,55,57);/q-3;+2/p-1/b29-21+,38-23-,42-25-;/t28-,31-,35-,46+;/m0./s1. The smallest absolute Gasteiger partial charge is 0.664 e. The first-order valence-corrected chi connectivity index (χ1v) is 21.6. The summed E-state index contributed by atoms with van der Waals surface area (Å²) in [6, 6.07) is 0. The number of rotatable bonds is 17. The first-order chi connectivity index (χ1) is 28.7. The average molecular weight is 837 g/mol. The molecule has 0 amide bonds. The number of allylic oxidation sites excluding steroid dienone is 3. The van der Waals surface area contributed by atoms with Crippen LogP contribution in [0.5, 0.6) is 0 Å². The maximum Gasteiger partial charge on any atom is 2.00 e. The fraction of sp³-hybridized carbons (Fsp3) is 0.480. The predicted molar refractivity (Wildman–Crippen MR) is 242 cm³/mol. The summed E-state index contributed by atoms with van der Waals surface area (Å²) in [5.74, 6) is -1.83. The van der Waals surface area contributed by atoms with Crippen molar-refractivity contribution in [1.82, 2.24) is 15.0 Å². The molecule has 320 valence electrons. The summed E-state index contributed by atoms with van der Waals surface area (Å²) in [6.45, 7) is 21.0. The van der Waals surface area contributed by atoms with E-state index in [9.17, 15) is 19.2 Å². The second-order valence-corrected chi connectivity index (χ2v) is 17.3. The molecule has 0 radical (unpaired) electrons. The Balaban J connectivity index is 0.00000704. The number of hydrogen-bond acceptors (Lipinski definition) is 6. The van der Waals surface area contributed by atoms with Gasteiger partial charge in [0.2, 0.25) is 0 Å². The number of ether oxygens (including phenoxy) is 2. The first kappa shape index (κ1) is 47.4. The van der Waals surface area contributed by atoms with E-state index in [1.807, 2.05) is 39.0 Å². The van der Waals surface area contributed by atoms with Crippen molar-refractivity contribution < 1.29 is 28.7 Å². The molecule has 6 rings (SSSR count). The molecule has 61 heavy (non-hydrogen) atoms. The van der Waals surface area contributed by atoms with Gasteiger partial charge in [0.15, 0.2) is 5.78 Å². The molecule has 0 spiro atoms. The molecule has 3 aromatic rings. The largest absolute Gasteiger partial charge is 2.00 e. The van der Waals surface area contributed by atoms with E-state index in [1.165, 1.54) is 38.4 Å². The Morgan fingerprint density at radius 2 is 1.62 bits per heavy atom. The Hall–Kier alpha value is -4.61. The molecule has 2 aliphatic heterocycles. The molecule has 1 saturated heterocycles. The minimum Gasteiger partial charge on any atom is -0.664 e. The fourth-order valence-corrected chi connectivity index (χ4v) is 9.07. The summed E-state index contributed by atoms with van der Waals surface area (Å²) in [6.07, 6.45) is 18.2. The van der Waals surface area contributed by atoms with Gasteiger partial charge in [0.1, 0.15) is 18.8 Å². The zero-order valence-corrected chi connectivity index (χ0v) is 39.0. The molecule has 0 unspecified atom stereocenters. The van der Waals surface area contributed by atoms with E-state index >= 15 is 0 Å². The van der Waals surface area contributed by atoms with Crippen LogP contribution in [0.15, 0.2) is 29.6 Å². The number of aldehydes is 1. The van der Waals surface area contributed by atoms with Crippen LogP contribution in [0.4, 0.5) is 0 Å². The molecule has 4 atom stereocenters. The maximum atomic E-state index is 14.3. The van der Waals surface area contributed by atoms with Gasteiger partial charge in [-0.05, 0) is 81.8 Å². The number of carbonyl (C=O) groups is 4. The summed E-state index contributed by atoms with van der Waals surface area (Å²) >= 11 is 0. The summed E-state index contributed by atoms with van der Waals surface area (Å²) in [7, 11) is 1.27. The van der Waals surface area contributed by atoms with Crippen molar-refractivity contribution in [2.75, 3.05) is 13.7 Å². The number of aromatic nitrogens is 3. The van der Waals surface area contributed by atoms with Crippen LogP contribution < -0.4 is 25.7 Å². The Morgan fingerprint density at radius 3 is 2.30 bits per heavy atom. The molecule has 11 heteroatoms. The van der Waals surface area contributed by atoms with E-state index in [0.717, 1.165) is 41.7 Å². The van der Waals surface area contributed by atoms with Crippen LogP contribution in [-0.4, -0.2) is 60.8 Å². The van der Waals surface area contributed by atoms with Crippen LogP contribution in [0.3, 0.4) is 0 Å². The van der Waals surface area contributed by atoms with E-state index in [2.05, 4.69) is 34.3 Å². The van der Waals surface area contributed by atoms with Crippen LogP contribution in [0.25, 0.3) is 35.2 Å². The topological polar surface area (TPSA) is 143 Å². The fourth-order valence-electron chi connectivity index (χ4n) is 9.07. The molecule has 0 N–H and O–H groups in total. The quantitative estimate of drug-likeness (QED) is 0.0434. The summed E-state index contributed by atoms with van der Waals surface area (Å²) in [5, 5.41) is 6.24. The van der Waals surface area contributed by atoms with Gasteiger partial charge in [-0.3, -0.25) is 19.2 Å². The van der Waals surface area contributed by atoms with E-state index in [0.29, 0.717) is 85.9 Å². The number of esters is 2. The van der Waals surface area contributed by atoms with Crippen molar-refractivity contribution in [2.45, 2.75) is 113 Å². The minimum atomic E-state index is -1.26. The number of fused-ring (bicyclic) bond motifs is 7. The van der Waals surface area contributed by atoms with Gasteiger partial charge in [0, 0.05) is 17.5 Å². The molecule has 1 aliphatic carbocycles.